The molecule has 19 heteroatoms. The van der Waals surface area contributed by atoms with Crippen LogP contribution < -0.4 is 0 Å². The van der Waals surface area contributed by atoms with E-state index < -0.39 is 97.5 Å². The molecule has 0 aromatic heterocycles. The van der Waals surface area contributed by atoms with Crippen molar-refractivity contribution in [3.8, 4) is 0 Å². The van der Waals surface area contributed by atoms with Crippen LogP contribution in [0.25, 0.3) is 0 Å². The smallest absolute Gasteiger partial charge is 0.462 e. The molecule has 0 rings (SSSR count). The highest BCUT2D eigenvalue weighted by Crippen LogP contribution is 2.45. The number of rotatable bonds is 75. The van der Waals surface area contributed by atoms with Gasteiger partial charge in [-0.3, -0.25) is 37.3 Å². The van der Waals surface area contributed by atoms with Gasteiger partial charge in [0.2, 0.25) is 0 Å². The van der Waals surface area contributed by atoms with Crippen molar-refractivity contribution in [1.82, 2.24) is 0 Å². The highest BCUT2D eigenvalue weighted by atomic mass is 31.2. The zero-order valence-corrected chi connectivity index (χ0v) is 63.4. The molecule has 0 aromatic rings. The lowest BCUT2D eigenvalue weighted by Crippen LogP contribution is -2.30. The summed E-state index contributed by atoms with van der Waals surface area (Å²) in [5.74, 6) is -2.16. The molecule has 0 saturated carbocycles. The van der Waals surface area contributed by atoms with E-state index in [0.29, 0.717) is 25.7 Å². The van der Waals surface area contributed by atoms with Crippen LogP contribution in [0.2, 0.25) is 0 Å². The summed E-state index contributed by atoms with van der Waals surface area (Å²) in [6.07, 6.45) is 65.5. The van der Waals surface area contributed by atoms with Crippen molar-refractivity contribution in [3.05, 3.63) is 36.5 Å². The zero-order valence-electron chi connectivity index (χ0n) is 61.6. The number of aliphatic hydroxyl groups excluding tert-OH is 1. The quantitative estimate of drug-likeness (QED) is 0.0128. The number of phosphoric acid groups is 2. The largest absolute Gasteiger partial charge is 0.472 e. The number of aliphatic hydroxyl groups is 1. The molecule has 564 valence electrons. The van der Waals surface area contributed by atoms with Gasteiger partial charge in [0.25, 0.3) is 0 Å². The van der Waals surface area contributed by atoms with Gasteiger partial charge < -0.3 is 33.8 Å². The average molecular weight is 1400 g/mol. The highest BCUT2D eigenvalue weighted by molar-refractivity contribution is 7.47. The van der Waals surface area contributed by atoms with Crippen LogP contribution in [0.3, 0.4) is 0 Å². The van der Waals surface area contributed by atoms with E-state index in [9.17, 15) is 43.2 Å². The third-order valence-electron chi connectivity index (χ3n) is 17.1. The minimum absolute atomic E-state index is 0.0819. The normalized spacial score (nSPS) is 14.1. The SMILES string of the molecule is CCCCCC/C=C\C=C/CCCCCCCC(=O)O[C@H](COC(=O)CCCCCCC/C=C\CCCCCCCC)COP(=O)(O)OC[C@H](O)COP(=O)(O)OC[C@@H](COC(=O)CCCCCCCCCCCCCCC)OC(=O)CCCCCCCCCCCCCCC. The van der Waals surface area contributed by atoms with E-state index in [1.165, 1.54) is 173 Å². The number of phosphoric ester groups is 2. The van der Waals surface area contributed by atoms with E-state index in [2.05, 4.69) is 64.2 Å². The molecule has 0 aliphatic rings. The first-order valence-electron chi connectivity index (χ1n) is 39.2. The lowest BCUT2D eigenvalue weighted by atomic mass is 10.0. The molecule has 0 heterocycles. The van der Waals surface area contributed by atoms with Crippen molar-refractivity contribution in [3.63, 3.8) is 0 Å². The first kappa shape index (κ1) is 93.3. The Morgan fingerprint density at radius 3 is 0.792 bits per heavy atom. The van der Waals surface area contributed by atoms with Gasteiger partial charge >= 0.3 is 39.5 Å². The van der Waals surface area contributed by atoms with Crippen molar-refractivity contribution in [1.29, 1.82) is 0 Å². The monoisotopic (exact) mass is 1400 g/mol. The maximum Gasteiger partial charge on any atom is 0.472 e. The Morgan fingerprint density at radius 2 is 0.510 bits per heavy atom. The van der Waals surface area contributed by atoms with Gasteiger partial charge in [-0.25, -0.2) is 9.13 Å². The lowest BCUT2D eigenvalue weighted by Gasteiger charge is -2.21. The van der Waals surface area contributed by atoms with Crippen molar-refractivity contribution in [2.45, 2.75) is 393 Å². The van der Waals surface area contributed by atoms with E-state index in [1.807, 2.05) is 0 Å². The minimum Gasteiger partial charge on any atom is -0.462 e. The Labute approximate surface area is 585 Å². The van der Waals surface area contributed by atoms with Gasteiger partial charge in [-0.2, -0.15) is 0 Å². The Bertz CT molecular complexity index is 1970. The first-order chi connectivity index (χ1) is 46.7. The maximum absolute atomic E-state index is 13.1. The Balaban J connectivity index is 5.31. The summed E-state index contributed by atoms with van der Waals surface area (Å²) in [5, 5.41) is 10.6. The molecule has 17 nitrogen and oxygen atoms in total. The van der Waals surface area contributed by atoms with E-state index in [0.717, 1.165) is 122 Å². The van der Waals surface area contributed by atoms with Crippen LogP contribution in [0.5, 0.6) is 0 Å². The summed E-state index contributed by atoms with van der Waals surface area (Å²) in [6.45, 7) is 4.90. The lowest BCUT2D eigenvalue weighted by molar-refractivity contribution is -0.161. The molecular formula is C77H144O17P2. The molecular weight excluding hydrogens is 1260 g/mol. The third-order valence-corrected chi connectivity index (χ3v) is 19.0. The van der Waals surface area contributed by atoms with Crippen molar-refractivity contribution in [2.24, 2.45) is 0 Å². The van der Waals surface area contributed by atoms with Crippen molar-refractivity contribution >= 4 is 39.5 Å². The molecule has 0 radical (unpaired) electrons. The van der Waals surface area contributed by atoms with Crippen LogP contribution in [0, 0.1) is 0 Å². The minimum atomic E-state index is -4.97. The van der Waals surface area contributed by atoms with Crippen LogP contribution in [0.4, 0.5) is 0 Å². The van der Waals surface area contributed by atoms with Crippen LogP contribution in [0.1, 0.15) is 374 Å². The van der Waals surface area contributed by atoms with E-state index >= 15 is 0 Å². The standard InChI is InChI=1S/C77H144O17P2/c1-5-9-13-17-21-25-29-33-35-39-42-46-50-54-58-62-75(80)88-68-73(94-77(82)64-60-56-52-48-44-40-36-34-30-26-22-18-14-10-6-2)70-92-96(85,86)90-66-71(78)65-89-95(83,84)91-69-72(93-76(81)63-59-55-51-47-43-38-32-28-24-20-16-12-8-4)67-87-74(79)61-57-53-49-45-41-37-31-27-23-19-15-11-7-3/h26,30,33-36,71-73,78H,5-25,27-29,31-32,37-70H2,1-4H3,(H,83,84)(H,85,86)/b30-26-,35-33-,36-34-/t71-,72-,73-/m1/s1. The molecule has 5 atom stereocenters. The number of hydrogen-bond acceptors (Lipinski definition) is 15. The van der Waals surface area contributed by atoms with E-state index in [4.69, 9.17) is 37.0 Å². The number of allylic oxidation sites excluding steroid dienone is 6. The van der Waals surface area contributed by atoms with Gasteiger partial charge in [0.05, 0.1) is 26.4 Å². The second-order valence-electron chi connectivity index (χ2n) is 26.7. The number of unbranched alkanes of at least 4 members (excludes halogenated alkanes) is 44. The second kappa shape index (κ2) is 70.7. The van der Waals surface area contributed by atoms with Crippen LogP contribution in [0.15, 0.2) is 36.5 Å². The van der Waals surface area contributed by atoms with Gasteiger partial charge in [-0.05, 0) is 77.0 Å². The molecule has 96 heavy (non-hydrogen) atoms. The first-order valence-corrected chi connectivity index (χ1v) is 42.2. The number of ether oxygens (including phenoxy) is 4. The average Bonchev–Trinajstić information content (AvgIpc) is 1.43. The molecule has 0 saturated heterocycles. The molecule has 3 N–H and O–H groups in total. The van der Waals surface area contributed by atoms with Crippen LogP contribution in [-0.4, -0.2) is 96.7 Å². The van der Waals surface area contributed by atoms with Gasteiger partial charge in [0, 0.05) is 25.7 Å². The molecule has 0 aliphatic carbocycles. The second-order valence-corrected chi connectivity index (χ2v) is 29.6. The summed E-state index contributed by atoms with van der Waals surface area (Å²) in [4.78, 5) is 72.8. The van der Waals surface area contributed by atoms with Gasteiger partial charge in [-0.15, -0.1) is 0 Å². The Morgan fingerprint density at radius 1 is 0.292 bits per heavy atom. The van der Waals surface area contributed by atoms with Crippen LogP contribution in [-0.2, 0) is 65.4 Å². The van der Waals surface area contributed by atoms with Gasteiger partial charge in [0.15, 0.2) is 12.2 Å². The highest BCUT2D eigenvalue weighted by Gasteiger charge is 2.30. The summed E-state index contributed by atoms with van der Waals surface area (Å²) < 4.78 is 68.5. The Kier molecular flexibility index (Phi) is 68.7. The third kappa shape index (κ3) is 69.7. The number of esters is 4. The molecule has 0 amide bonds. The van der Waals surface area contributed by atoms with E-state index in [-0.39, 0.29) is 25.7 Å². The summed E-state index contributed by atoms with van der Waals surface area (Å²) >= 11 is 0. The molecule has 0 bridgehead atoms. The predicted molar refractivity (Wildman–Crippen MR) is 391 cm³/mol. The molecule has 0 fully saturated rings. The molecule has 0 aliphatic heterocycles. The predicted octanol–water partition coefficient (Wildman–Crippen LogP) is 22.3. The fraction of sp³-hybridized carbons (Fsp3) is 0.870. The maximum atomic E-state index is 13.1. The summed E-state index contributed by atoms with van der Waals surface area (Å²) in [6, 6.07) is 0. The molecule has 0 aromatic carbocycles. The van der Waals surface area contributed by atoms with Crippen molar-refractivity contribution < 1.29 is 80.2 Å². The summed E-state index contributed by atoms with van der Waals surface area (Å²) in [7, 11) is -9.93. The molecule has 2 unspecified atom stereocenters. The number of carbonyl (C=O) groups is 4. The van der Waals surface area contributed by atoms with Crippen LogP contribution >= 0.6 is 15.6 Å². The topological polar surface area (TPSA) is 237 Å². The molecule has 0 spiro atoms. The zero-order chi connectivity index (χ0) is 70.4. The summed E-state index contributed by atoms with van der Waals surface area (Å²) in [5.41, 5.74) is 0. The van der Waals surface area contributed by atoms with E-state index in [1.54, 1.807) is 0 Å². The fourth-order valence-electron chi connectivity index (χ4n) is 11.1. The van der Waals surface area contributed by atoms with Crippen molar-refractivity contribution in [2.75, 3.05) is 39.6 Å². The fourth-order valence-corrected chi connectivity index (χ4v) is 12.7. The number of hydrogen-bond donors (Lipinski definition) is 3. The van der Waals surface area contributed by atoms with Gasteiger partial charge in [-0.1, -0.05) is 308 Å². The number of carbonyl (C=O) groups excluding carboxylic acids is 4. The van der Waals surface area contributed by atoms with Gasteiger partial charge in [0.1, 0.15) is 19.3 Å². The Hall–Kier alpha value is -2.72.